The number of carbonyl (C=O) groups is 2. The minimum Gasteiger partial charge on any atom is -0.342 e. The smallest absolute Gasteiger partial charge is 0.251 e. The molecule has 0 atom stereocenters. The molecule has 0 bridgehead atoms. The Bertz CT molecular complexity index is 1010. The second kappa shape index (κ2) is 9.65. The normalized spacial score (nSPS) is 14.3. The molecule has 32 heavy (non-hydrogen) atoms. The summed E-state index contributed by atoms with van der Waals surface area (Å²) in [5.74, 6) is 0.103. The van der Waals surface area contributed by atoms with Gasteiger partial charge in [-0.3, -0.25) is 14.9 Å². The third kappa shape index (κ3) is 5.25. The summed E-state index contributed by atoms with van der Waals surface area (Å²) in [6.07, 6.45) is 5.08. The standard InChI is InChI=1S/C26H29N3O2S/c1-26(2,29-21(30)17-18-11-9-10-12-18)24(31)28-25-27-22(19-13-5-3-6-14-19)23(32-25)20-15-7-4-8-16-20/h3-8,13-16,18H,9-12,17H2,1-2H3,(H,29,30)(H,27,28,31). The van der Waals surface area contributed by atoms with Crippen molar-refractivity contribution in [2.24, 2.45) is 5.92 Å². The van der Waals surface area contributed by atoms with E-state index < -0.39 is 5.54 Å². The van der Waals surface area contributed by atoms with Gasteiger partial charge in [0, 0.05) is 12.0 Å². The first-order valence-electron chi connectivity index (χ1n) is 11.2. The third-order valence-electron chi connectivity index (χ3n) is 5.90. The van der Waals surface area contributed by atoms with E-state index >= 15 is 0 Å². The number of amides is 2. The van der Waals surface area contributed by atoms with Crippen molar-refractivity contribution >= 4 is 28.3 Å². The predicted octanol–water partition coefficient (Wildman–Crippen LogP) is 5.89. The maximum atomic E-state index is 13.0. The van der Waals surface area contributed by atoms with Crippen LogP contribution in [0.1, 0.15) is 46.0 Å². The van der Waals surface area contributed by atoms with Crippen molar-refractivity contribution in [3.63, 3.8) is 0 Å². The van der Waals surface area contributed by atoms with E-state index in [1.807, 2.05) is 60.7 Å². The highest BCUT2D eigenvalue weighted by molar-refractivity contribution is 7.19. The van der Waals surface area contributed by atoms with Crippen molar-refractivity contribution in [1.82, 2.24) is 10.3 Å². The third-order valence-corrected chi connectivity index (χ3v) is 6.92. The summed E-state index contributed by atoms with van der Waals surface area (Å²) >= 11 is 1.44. The van der Waals surface area contributed by atoms with Crippen LogP contribution in [0.25, 0.3) is 21.7 Å². The molecule has 1 aromatic heterocycles. The largest absolute Gasteiger partial charge is 0.342 e. The molecule has 6 heteroatoms. The van der Waals surface area contributed by atoms with Crippen LogP contribution in [-0.4, -0.2) is 22.3 Å². The highest BCUT2D eigenvalue weighted by Gasteiger charge is 2.31. The predicted molar refractivity (Wildman–Crippen MR) is 130 cm³/mol. The number of thiazole rings is 1. The van der Waals surface area contributed by atoms with E-state index in [0.717, 1.165) is 34.5 Å². The first-order chi connectivity index (χ1) is 15.4. The van der Waals surface area contributed by atoms with Crippen molar-refractivity contribution in [2.75, 3.05) is 5.32 Å². The van der Waals surface area contributed by atoms with Gasteiger partial charge in [-0.2, -0.15) is 0 Å². The van der Waals surface area contributed by atoms with Crippen molar-refractivity contribution in [3.05, 3.63) is 60.7 Å². The van der Waals surface area contributed by atoms with Crippen molar-refractivity contribution < 1.29 is 9.59 Å². The number of hydrogen-bond acceptors (Lipinski definition) is 4. The second-order valence-electron chi connectivity index (χ2n) is 8.91. The van der Waals surface area contributed by atoms with E-state index in [-0.39, 0.29) is 11.8 Å². The molecular weight excluding hydrogens is 418 g/mol. The maximum Gasteiger partial charge on any atom is 0.251 e. The Balaban J connectivity index is 1.52. The van der Waals surface area contributed by atoms with Gasteiger partial charge in [-0.15, -0.1) is 0 Å². The fourth-order valence-electron chi connectivity index (χ4n) is 4.14. The molecule has 2 aromatic carbocycles. The summed E-state index contributed by atoms with van der Waals surface area (Å²) in [6.45, 7) is 3.47. The molecule has 1 aliphatic carbocycles. The quantitative estimate of drug-likeness (QED) is 0.474. The zero-order valence-electron chi connectivity index (χ0n) is 18.6. The molecule has 0 spiro atoms. The number of carbonyl (C=O) groups excluding carboxylic acids is 2. The Morgan fingerprint density at radius 2 is 1.56 bits per heavy atom. The molecule has 166 valence electrons. The van der Waals surface area contributed by atoms with E-state index in [0.29, 0.717) is 17.5 Å². The molecule has 0 aliphatic heterocycles. The van der Waals surface area contributed by atoms with Gasteiger partial charge >= 0.3 is 0 Å². The van der Waals surface area contributed by atoms with Crippen LogP contribution in [-0.2, 0) is 9.59 Å². The number of anilines is 1. The van der Waals surface area contributed by atoms with Gasteiger partial charge in [0.05, 0.1) is 10.6 Å². The summed E-state index contributed by atoms with van der Waals surface area (Å²) < 4.78 is 0. The Kier molecular flexibility index (Phi) is 6.70. The molecule has 1 saturated carbocycles. The van der Waals surface area contributed by atoms with Crippen LogP contribution in [0.4, 0.5) is 5.13 Å². The van der Waals surface area contributed by atoms with Crippen LogP contribution in [0.3, 0.4) is 0 Å². The lowest BCUT2D eigenvalue weighted by atomic mass is 10.0. The molecule has 1 fully saturated rings. The van der Waals surface area contributed by atoms with Crippen LogP contribution in [0.2, 0.25) is 0 Å². The SMILES string of the molecule is CC(C)(NC(=O)CC1CCCC1)C(=O)Nc1nc(-c2ccccc2)c(-c2ccccc2)s1. The van der Waals surface area contributed by atoms with E-state index in [1.54, 1.807) is 13.8 Å². The lowest BCUT2D eigenvalue weighted by Gasteiger charge is -2.25. The van der Waals surface area contributed by atoms with Gasteiger partial charge in [-0.1, -0.05) is 84.8 Å². The Morgan fingerprint density at radius 1 is 0.969 bits per heavy atom. The first kappa shape index (κ1) is 22.2. The van der Waals surface area contributed by atoms with Crippen molar-refractivity contribution in [1.29, 1.82) is 0 Å². The van der Waals surface area contributed by atoms with E-state index in [1.165, 1.54) is 24.2 Å². The average molecular weight is 448 g/mol. The fraction of sp³-hybridized carbons (Fsp3) is 0.346. The summed E-state index contributed by atoms with van der Waals surface area (Å²) in [4.78, 5) is 31.3. The number of nitrogens with one attached hydrogen (secondary N) is 2. The van der Waals surface area contributed by atoms with Crippen LogP contribution in [0.15, 0.2) is 60.7 Å². The number of rotatable bonds is 7. The second-order valence-corrected chi connectivity index (χ2v) is 9.91. The molecule has 2 amide bonds. The Hall–Kier alpha value is -2.99. The van der Waals surface area contributed by atoms with Gasteiger partial charge < -0.3 is 5.32 Å². The Labute approximate surface area is 193 Å². The number of nitrogens with zero attached hydrogens (tertiary/aromatic N) is 1. The molecule has 1 aliphatic rings. The highest BCUT2D eigenvalue weighted by Crippen LogP contribution is 2.39. The molecule has 2 N–H and O–H groups in total. The van der Waals surface area contributed by atoms with Gasteiger partial charge in [0.15, 0.2) is 5.13 Å². The van der Waals surface area contributed by atoms with Crippen LogP contribution < -0.4 is 10.6 Å². The zero-order chi connectivity index (χ0) is 22.6. The molecule has 4 rings (SSSR count). The van der Waals surface area contributed by atoms with Gasteiger partial charge in [0.1, 0.15) is 5.54 Å². The number of hydrogen-bond donors (Lipinski definition) is 2. The molecule has 1 heterocycles. The summed E-state index contributed by atoms with van der Waals surface area (Å²) in [5, 5.41) is 6.37. The summed E-state index contributed by atoms with van der Waals surface area (Å²) in [6, 6.07) is 20.0. The van der Waals surface area contributed by atoms with E-state index in [9.17, 15) is 9.59 Å². The number of benzene rings is 2. The van der Waals surface area contributed by atoms with Gasteiger partial charge in [-0.05, 0) is 38.2 Å². The number of aromatic nitrogens is 1. The lowest BCUT2D eigenvalue weighted by Crippen LogP contribution is -2.52. The fourth-order valence-corrected chi connectivity index (χ4v) is 5.12. The maximum absolute atomic E-state index is 13.0. The van der Waals surface area contributed by atoms with Crippen molar-refractivity contribution in [3.8, 4) is 21.7 Å². The van der Waals surface area contributed by atoms with Gasteiger partial charge in [0.2, 0.25) is 5.91 Å². The molecular formula is C26H29N3O2S. The molecule has 0 radical (unpaired) electrons. The first-order valence-corrected chi connectivity index (χ1v) is 12.0. The average Bonchev–Trinajstić information content (AvgIpc) is 3.44. The molecule has 0 unspecified atom stereocenters. The minimum absolute atomic E-state index is 0.0638. The summed E-state index contributed by atoms with van der Waals surface area (Å²) in [5.41, 5.74) is 1.85. The summed E-state index contributed by atoms with van der Waals surface area (Å²) in [7, 11) is 0. The van der Waals surface area contributed by atoms with E-state index in [2.05, 4.69) is 10.6 Å². The van der Waals surface area contributed by atoms with Crippen LogP contribution in [0, 0.1) is 5.92 Å². The monoisotopic (exact) mass is 447 g/mol. The molecule has 0 saturated heterocycles. The molecule has 3 aromatic rings. The lowest BCUT2D eigenvalue weighted by molar-refractivity contribution is -0.129. The van der Waals surface area contributed by atoms with Crippen LogP contribution in [0.5, 0.6) is 0 Å². The molecule has 5 nitrogen and oxygen atoms in total. The minimum atomic E-state index is -1.03. The van der Waals surface area contributed by atoms with Crippen molar-refractivity contribution in [2.45, 2.75) is 51.5 Å². The zero-order valence-corrected chi connectivity index (χ0v) is 19.4. The van der Waals surface area contributed by atoms with Gasteiger partial charge in [0.25, 0.3) is 5.91 Å². The van der Waals surface area contributed by atoms with E-state index in [4.69, 9.17) is 4.98 Å². The van der Waals surface area contributed by atoms with Crippen LogP contribution >= 0.6 is 11.3 Å². The topological polar surface area (TPSA) is 71.1 Å². The Morgan fingerprint density at radius 3 is 2.19 bits per heavy atom. The van der Waals surface area contributed by atoms with Gasteiger partial charge in [-0.25, -0.2) is 4.98 Å². The highest BCUT2D eigenvalue weighted by atomic mass is 32.1.